The van der Waals surface area contributed by atoms with Gasteiger partial charge in [0.15, 0.2) is 0 Å². The number of rotatable bonds is 3. The Morgan fingerprint density at radius 2 is 2.10 bits per heavy atom. The van der Waals surface area contributed by atoms with E-state index < -0.39 is 0 Å². The normalized spacial score (nSPS) is 23.4. The summed E-state index contributed by atoms with van der Waals surface area (Å²) in [4.78, 5) is 14.2. The van der Waals surface area contributed by atoms with Gasteiger partial charge in [-0.25, -0.2) is 0 Å². The second kappa shape index (κ2) is 4.92. The summed E-state index contributed by atoms with van der Waals surface area (Å²) in [6.07, 6.45) is 3.65. The molecule has 2 aliphatic rings. The van der Waals surface area contributed by atoms with Crippen molar-refractivity contribution in [2.75, 3.05) is 13.2 Å². The molecule has 4 heteroatoms. The second-order valence-corrected chi connectivity index (χ2v) is 5.75. The summed E-state index contributed by atoms with van der Waals surface area (Å²) in [5.41, 5.74) is 1.35. The third kappa shape index (κ3) is 2.08. The molecule has 1 saturated carbocycles. The Bertz CT molecular complexity index is 555. The molecule has 0 unspecified atom stereocenters. The van der Waals surface area contributed by atoms with E-state index in [1.165, 1.54) is 0 Å². The summed E-state index contributed by atoms with van der Waals surface area (Å²) in [6, 6.07) is 9.72. The van der Waals surface area contributed by atoms with Crippen LogP contribution < -0.4 is 0 Å². The van der Waals surface area contributed by atoms with Crippen LogP contribution in [0.2, 0.25) is 0 Å². The zero-order chi connectivity index (χ0) is 14.2. The number of carbonyl (C=O) groups is 1. The fourth-order valence-electron chi connectivity index (χ4n) is 2.98. The lowest BCUT2D eigenvalue weighted by atomic mass is 9.96. The predicted octanol–water partition coefficient (Wildman–Crippen LogP) is 1.84. The number of likely N-dealkylation sites (tertiary alicyclic amines) is 1. The second-order valence-electron chi connectivity index (χ2n) is 5.75. The molecule has 1 amide bonds. The van der Waals surface area contributed by atoms with E-state index in [1.807, 2.05) is 24.3 Å². The highest BCUT2D eigenvalue weighted by Crippen LogP contribution is 2.47. The number of aliphatic hydroxyl groups excluding tert-OH is 1. The van der Waals surface area contributed by atoms with Gasteiger partial charge in [0, 0.05) is 12.1 Å². The molecular weight excluding hydrogens is 252 g/mol. The molecule has 1 aliphatic carbocycles. The Morgan fingerprint density at radius 3 is 2.65 bits per heavy atom. The fraction of sp³-hybridized carbons (Fsp3) is 0.500. The number of carbonyl (C=O) groups excluding carboxylic acids is 1. The van der Waals surface area contributed by atoms with E-state index in [9.17, 15) is 15.2 Å². The number of nitriles is 1. The van der Waals surface area contributed by atoms with Crippen molar-refractivity contribution in [1.29, 1.82) is 5.26 Å². The molecule has 4 nitrogen and oxygen atoms in total. The Morgan fingerprint density at radius 1 is 1.40 bits per heavy atom. The van der Waals surface area contributed by atoms with Crippen LogP contribution in [0.1, 0.15) is 41.6 Å². The van der Waals surface area contributed by atoms with Crippen LogP contribution in [-0.2, 0) is 5.41 Å². The monoisotopic (exact) mass is 270 g/mol. The average molecular weight is 270 g/mol. The van der Waals surface area contributed by atoms with Gasteiger partial charge in [-0.1, -0.05) is 12.1 Å². The summed E-state index contributed by atoms with van der Waals surface area (Å²) < 4.78 is 0. The first-order chi connectivity index (χ1) is 9.70. The van der Waals surface area contributed by atoms with Crippen molar-refractivity contribution >= 4 is 5.91 Å². The smallest absolute Gasteiger partial charge is 0.254 e. The summed E-state index contributed by atoms with van der Waals surface area (Å²) >= 11 is 0. The van der Waals surface area contributed by atoms with Crippen LogP contribution >= 0.6 is 0 Å². The van der Waals surface area contributed by atoms with E-state index in [2.05, 4.69) is 6.07 Å². The minimum absolute atomic E-state index is 0.0186. The summed E-state index contributed by atoms with van der Waals surface area (Å²) in [5, 5.41) is 18.5. The summed E-state index contributed by atoms with van der Waals surface area (Å²) in [7, 11) is 0. The molecule has 1 aromatic rings. The highest BCUT2D eigenvalue weighted by molar-refractivity contribution is 5.94. The first kappa shape index (κ1) is 13.1. The maximum absolute atomic E-state index is 12.4. The van der Waals surface area contributed by atoms with Crippen molar-refractivity contribution in [3.05, 3.63) is 35.4 Å². The van der Waals surface area contributed by atoms with Crippen LogP contribution in [0.3, 0.4) is 0 Å². The van der Waals surface area contributed by atoms with Crippen LogP contribution in [0.25, 0.3) is 0 Å². The van der Waals surface area contributed by atoms with Crippen LogP contribution in [0, 0.1) is 11.3 Å². The predicted molar refractivity (Wildman–Crippen MR) is 74.1 cm³/mol. The molecule has 1 atom stereocenters. The number of nitrogens with zero attached hydrogens (tertiary/aromatic N) is 2. The highest BCUT2D eigenvalue weighted by Gasteiger charge is 2.44. The molecule has 1 aliphatic heterocycles. The van der Waals surface area contributed by atoms with E-state index in [4.69, 9.17) is 0 Å². The molecule has 1 heterocycles. The lowest BCUT2D eigenvalue weighted by molar-refractivity contribution is 0.0677. The van der Waals surface area contributed by atoms with Gasteiger partial charge in [-0.2, -0.15) is 5.26 Å². The van der Waals surface area contributed by atoms with Crippen molar-refractivity contribution in [3.8, 4) is 6.07 Å². The van der Waals surface area contributed by atoms with E-state index in [0.29, 0.717) is 12.1 Å². The van der Waals surface area contributed by atoms with Gasteiger partial charge in [-0.15, -0.1) is 0 Å². The zero-order valence-electron chi connectivity index (χ0n) is 11.4. The molecule has 0 bridgehead atoms. The molecule has 0 spiro atoms. The number of hydrogen-bond donors (Lipinski definition) is 1. The number of benzene rings is 1. The SMILES string of the molecule is N#CC1(c2ccc(C(=O)N3CCC[C@@H]3CO)cc2)CC1. The Kier molecular flexibility index (Phi) is 3.23. The van der Waals surface area contributed by atoms with Crippen molar-refractivity contribution in [2.24, 2.45) is 0 Å². The van der Waals surface area contributed by atoms with Gasteiger partial charge >= 0.3 is 0 Å². The fourth-order valence-corrected chi connectivity index (χ4v) is 2.98. The van der Waals surface area contributed by atoms with E-state index in [-0.39, 0.29) is 24.0 Å². The lowest BCUT2D eigenvalue weighted by Crippen LogP contribution is -2.37. The van der Waals surface area contributed by atoms with Gasteiger partial charge in [0.2, 0.25) is 0 Å². The van der Waals surface area contributed by atoms with Crippen molar-refractivity contribution in [1.82, 2.24) is 4.90 Å². The average Bonchev–Trinajstić information content (AvgIpc) is 3.16. The molecule has 2 fully saturated rings. The number of aliphatic hydroxyl groups is 1. The van der Waals surface area contributed by atoms with E-state index in [1.54, 1.807) is 4.90 Å². The Labute approximate surface area is 118 Å². The van der Waals surface area contributed by atoms with Crippen molar-refractivity contribution in [2.45, 2.75) is 37.1 Å². The molecule has 0 radical (unpaired) electrons. The van der Waals surface area contributed by atoms with E-state index >= 15 is 0 Å². The van der Waals surface area contributed by atoms with Gasteiger partial charge in [0.05, 0.1) is 24.1 Å². The first-order valence-corrected chi connectivity index (χ1v) is 7.14. The van der Waals surface area contributed by atoms with Crippen LogP contribution in [0.4, 0.5) is 0 Å². The maximum Gasteiger partial charge on any atom is 0.254 e. The van der Waals surface area contributed by atoms with Crippen molar-refractivity contribution < 1.29 is 9.90 Å². The van der Waals surface area contributed by atoms with Gasteiger partial charge in [0.25, 0.3) is 5.91 Å². The summed E-state index contributed by atoms with van der Waals surface area (Å²) in [6.45, 7) is 0.745. The largest absolute Gasteiger partial charge is 0.394 e. The molecule has 3 rings (SSSR count). The third-order valence-electron chi connectivity index (χ3n) is 4.50. The Hall–Kier alpha value is -1.86. The van der Waals surface area contributed by atoms with Crippen LogP contribution in [-0.4, -0.2) is 35.1 Å². The number of amides is 1. The molecule has 1 N–H and O–H groups in total. The maximum atomic E-state index is 12.4. The Balaban J connectivity index is 1.78. The lowest BCUT2D eigenvalue weighted by Gasteiger charge is -2.23. The minimum Gasteiger partial charge on any atom is -0.394 e. The van der Waals surface area contributed by atoms with Gasteiger partial charge < -0.3 is 10.0 Å². The quantitative estimate of drug-likeness (QED) is 0.911. The summed E-state index contributed by atoms with van der Waals surface area (Å²) in [5.74, 6) is -0.0186. The molecule has 1 saturated heterocycles. The zero-order valence-corrected chi connectivity index (χ0v) is 11.4. The molecule has 20 heavy (non-hydrogen) atoms. The highest BCUT2D eigenvalue weighted by atomic mass is 16.3. The molecular formula is C16H18N2O2. The molecule has 104 valence electrons. The van der Waals surface area contributed by atoms with Crippen LogP contribution in [0.15, 0.2) is 24.3 Å². The standard InChI is InChI=1S/C16H18N2O2/c17-11-16(7-8-16)13-5-3-12(4-6-13)15(20)18-9-1-2-14(18)10-19/h3-6,14,19H,1-2,7-10H2/t14-/m1/s1. The topological polar surface area (TPSA) is 64.3 Å². The first-order valence-electron chi connectivity index (χ1n) is 7.14. The van der Waals surface area contributed by atoms with Gasteiger partial charge in [-0.3, -0.25) is 4.79 Å². The van der Waals surface area contributed by atoms with E-state index in [0.717, 1.165) is 31.2 Å². The van der Waals surface area contributed by atoms with Crippen molar-refractivity contribution in [3.63, 3.8) is 0 Å². The minimum atomic E-state index is -0.303. The van der Waals surface area contributed by atoms with Gasteiger partial charge in [0.1, 0.15) is 0 Å². The van der Waals surface area contributed by atoms with Gasteiger partial charge in [-0.05, 0) is 43.4 Å². The number of hydrogen-bond acceptors (Lipinski definition) is 3. The molecule has 1 aromatic carbocycles. The van der Waals surface area contributed by atoms with Crippen LogP contribution in [0.5, 0.6) is 0 Å². The third-order valence-corrected chi connectivity index (χ3v) is 4.50. The molecule has 0 aromatic heterocycles.